The SMILES string of the molecule is Br.CC(O)[C@H](NCc1cc([N+](=O)[O-])cc2[nH]c(=O)c(=O)[nH]c12)C(=O)O. The fraction of sp³-hybridized carbons (Fsp3) is 0.308. The molecule has 136 valence electrons. The zero-order valence-corrected chi connectivity index (χ0v) is 14.5. The lowest BCUT2D eigenvalue weighted by Crippen LogP contribution is -2.44. The molecule has 12 heteroatoms. The van der Waals surface area contributed by atoms with E-state index in [-0.39, 0.29) is 45.8 Å². The molecule has 0 aliphatic heterocycles. The van der Waals surface area contributed by atoms with Crippen molar-refractivity contribution in [2.45, 2.75) is 25.6 Å². The monoisotopic (exact) mass is 418 g/mol. The minimum absolute atomic E-state index is 0. The lowest BCUT2D eigenvalue weighted by atomic mass is 10.1. The Kier molecular flexibility index (Phi) is 6.55. The zero-order chi connectivity index (χ0) is 18.0. The number of hydrogen-bond donors (Lipinski definition) is 5. The number of aliphatic carboxylic acids is 1. The van der Waals surface area contributed by atoms with Gasteiger partial charge in [-0.1, -0.05) is 0 Å². The highest BCUT2D eigenvalue weighted by molar-refractivity contribution is 8.93. The van der Waals surface area contributed by atoms with Crippen molar-refractivity contribution in [1.29, 1.82) is 0 Å². The maximum atomic E-state index is 11.5. The number of nitro groups is 1. The molecule has 1 aromatic carbocycles. The number of aromatic amines is 2. The Morgan fingerprint density at radius 2 is 1.92 bits per heavy atom. The summed E-state index contributed by atoms with van der Waals surface area (Å²) < 4.78 is 0. The molecule has 5 N–H and O–H groups in total. The first-order valence-electron chi connectivity index (χ1n) is 6.78. The molecule has 2 rings (SSSR count). The second kappa shape index (κ2) is 8.00. The zero-order valence-electron chi connectivity index (χ0n) is 12.8. The molecule has 0 fully saturated rings. The van der Waals surface area contributed by atoms with Gasteiger partial charge in [0.15, 0.2) is 0 Å². The molecular weight excluding hydrogens is 404 g/mol. The smallest absolute Gasteiger partial charge is 0.323 e. The summed E-state index contributed by atoms with van der Waals surface area (Å²) in [5.41, 5.74) is -1.88. The van der Waals surface area contributed by atoms with Gasteiger partial charge in [-0.25, -0.2) is 0 Å². The molecule has 1 heterocycles. The molecule has 1 aromatic heterocycles. The Morgan fingerprint density at radius 1 is 1.32 bits per heavy atom. The minimum atomic E-state index is -1.31. The van der Waals surface area contributed by atoms with Crippen LogP contribution in [0, 0.1) is 10.1 Å². The van der Waals surface area contributed by atoms with Crippen LogP contribution in [0.15, 0.2) is 21.7 Å². The Morgan fingerprint density at radius 3 is 2.44 bits per heavy atom. The second-order valence-electron chi connectivity index (χ2n) is 5.13. The van der Waals surface area contributed by atoms with Crippen LogP contribution in [0.1, 0.15) is 12.5 Å². The molecule has 0 radical (unpaired) electrons. The van der Waals surface area contributed by atoms with Gasteiger partial charge in [0.25, 0.3) is 5.69 Å². The summed E-state index contributed by atoms with van der Waals surface area (Å²) >= 11 is 0. The van der Waals surface area contributed by atoms with Gasteiger partial charge in [-0.3, -0.25) is 29.8 Å². The summed E-state index contributed by atoms with van der Waals surface area (Å²) in [6.45, 7) is 1.08. The van der Waals surface area contributed by atoms with Crippen molar-refractivity contribution in [3.05, 3.63) is 48.5 Å². The molecule has 25 heavy (non-hydrogen) atoms. The first kappa shape index (κ1) is 20.5. The number of hydrogen-bond acceptors (Lipinski definition) is 7. The highest BCUT2D eigenvalue weighted by atomic mass is 79.9. The second-order valence-corrected chi connectivity index (χ2v) is 5.13. The number of aliphatic hydroxyl groups excluding tert-OH is 1. The summed E-state index contributed by atoms with van der Waals surface area (Å²) in [4.78, 5) is 48.7. The van der Waals surface area contributed by atoms with Gasteiger partial charge in [-0.15, -0.1) is 17.0 Å². The van der Waals surface area contributed by atoms with Gasteiger partial charge in [0, 0.05) is 18.7 Å². The lowest BCUT2D eigenvalue weighted by molar-refractivity contribution is -0.384. The molecule has 2 aromatic rings. The first-order valence-corrected chi connectivity index (χ1v) is 6.78. The fourth-order valence-electron chi connectivity index (χ4n) is 2.21. The number of nitrogens with zero attached hydrogens (tertiary/aromatic N) is 1. The number of nitro benzene ring substituents is 1. The van der Waals surface area contributed by atoms with E-state index in [1.54, 1.807) is 0 Å². The highest BCUT2D eigenvalue weighted by Gasteiger charge is 2.23. The molecule has 2 atom stereocenters. The number of carboxylic acids is 1. The van der Waals surface area contributed by atoms with Crippen molar-refractivity contribution in [1.82, 2.24) is 15.3 Å². The van der Waals surface area contributed by atoms with Crippen molar-refractivity contribution in [3.63, 3.8) is 0 Å². The molecular formula is C13H15BrN4O7. The molecule has 1 unspecified atom stereocenters. The van der Waals surface area contributed by atoms with Crippen LogP contribution in [0.2, 0.25) is 0 Å². The lowest BCUT2D eigenvalue weighted by Gasteiger charge is -2.17. The minimum Gasteiger partial charge on any atom is -0.480 e. The van der Waals surface area contributed by atoms with E-state index in [9.17, 15) is 29.6 Å². The van der Waals surface area contributed by atoms with Crippen LogP contribution >= 0.6 is 17.0 Å². The van der Waals surface area contributed by atoms with Gasteiger partial charge in [0.05, 0.1) is 22.1 Å². The van der Waals surface area contributed by atoms with Gasteiger partial charge in [0.2, 0.25) is 0 Å². The topological polar surface area (TPSA) is 178 Å². The van der Waals surface area contributed by atoms with Gasteiger partial charge in [-0.05, 0) is 12.5 Å². The van der Waals surface area contributed by atoms with Crippen LogP contribution in [0.4, 0.5) is 5.69 Å². The summed E-state index contributed by atoms with van der Waals surface area (Å²) in [6, 6.07) is 0.915. The number of carbonyl (C=O) groups is 1. The van der Waals surface area contributed by atoms with Crippen LogP contribution < -0.4 is 16.4 Å². The van der Waals surface area contributed by atoms with E-state index in [2.05, 4.69) is 15.3 Å². The third-order valence-corrected chi connectivity index (χ3v) is 3.37. The van der Waals surface area contributed by atoms with Gasteiger partial charge >= 0.3 is 17.1 Å². The number of non-ortho nitro benzene ring substituents is 1. The number of H-pyrrole nitrogens is 2. The van der Waals surface area contributed by atoms with E-state index in [4.69, 9.17) is 5.11 Å². The largest absolute Gasteiger partial charge is 0.480 e. The van der Waals surface area contributed by atoms with E-state index in [1.807, 2.05) is 0 Å². The predicted octanol–water partition coefficient (Wildman–Crippen LogP) is -0.374. The van der Waals surface area contributed by atoms with Crippen LogP contribution in [-0.4, -0.2) is 43.2 Å². The van der Waals surface area contributed by atoms with Crippen molar-refractivity contribution < 1.29 is 19.9 Å². The summed E-state index contributed by atoms with van der Waals surface area (Å²) in [5.74, 6) is -1.30. The number of nitrogens with one attached hydrogen (secondary N) is 3. The average Bonchev–Trinajstić information content (AvgIpc) is 2.47. The maximum absolute atomic E-state index is 11.5. The number of rotatable bonds is 6. The Bertz CT molecular complexity index is 921. The number of aromatic nitrogens is 2. The molecule has 0 aliphatic carbocycles. The normalized spacial score (nSPS) is 13.0. The van der Waals surface area contributed by atoms with Crippen molar-refractivity contribution in [3.8, 4) is 0 Å². The molecule has 0 aliphatic rings. The highest BCUT2D eigenvalue weighted by Crippen LogP contribution is 2.21. The number of aliphatic hydroxyl groups is 1. The quantitative estimate of drug-likeness (QED) is 0.239. The molecule has 0 bridgehead atoms. The van der Waals surface area contributed by atoms with E-state index in [1.165, 1.54) is 6.92 Å². The maximum Gasteiger partial charge on any atom is 0.323 e. The van der Waals surface area contributed by atoms with Crippen LogP contribution in [0.5, 0.6) is 0 Å². The Hall–Kier alpha value is -2.57. The van der Waals surface area contributed by atoms with Crippen LogP contribution in [-0.2, 0) is 11.3 Å². The van der Waals surface area contributed by atoms with E-state index < -0.39 is 34.2 Å². The standard InChI is InChI=1S/C13H14N4O7.BrH/c1-5(18)9(13(21)22)14-4-6-2-7(17(23)24)3-8-10(6)16-12(20)11(19)15-8;/h2-3,5,9,14,18H,4H2,1H3,(H,15,19)(H,16,20)(H,21,22);1H/t5?,9-;/m0./s1. The molecule has 0 saturated heterocycles. The van der Waals surface area contributed by atoms with Crippen molar-refractivity contribution >= 4 is 39.7 Å². The van der Waals surface area contributed by atoms with Crippen molar-refractivity contribution in [2.24, 2.45) is 0 Å². The molecule has 0 spiro atoms. The average molecular weight is 419 g/mol. The number of benzene rings is 1. The first-order chi connectivity index (χ1) is 11.2. The number of halogens is 1. The predicted molar refractivity (Wildman–Crippen MR) is 92.1 cm³/mol. The Balaban J connectivity index is 0.00000312. The van der Waals surface area contributed by atoms with Gasteiger partial charge in [-0.2, -0.15) is 0 Å². The molecule has 11 nitrogen and oxygen atoms in total. The van der Waals surface area contributed by atoms with E-state index >= 15 is 0 Å². The third-order valence-electron chi connectivity index (χ3n) is 3.37. The third kappa shape index (κ3) is 4.49. The fourth-order valence-corrected chi connectivity index (χ4v) is 2.21. The van der Waals surface area contributed by atoms with E-state index in [0.29, 0.717) is 0 Å². The van der Waals surface area contributed by atoms with E-state index in [0.717, 1.165) is 12.1 Å². The summed E-state index contributed by atoms with van der Waals surface area (Å²) in [6.07, 6.45) is -1.22. The van der Waals surface area contributed by atoms with Crippen molar-refractivity contribution in [2.75, 3.05) is 0 Å². The van der Waals surface area contributed by atoms with Gasteiger partial charge < -0.3 is 20.2 Å². The molecule has 0 amide bonds. The Labute approximate surface area is 149 Å². The number of carboxylic acid groups (broad SMARTS) is 1. The van der Waals surface area contributed by atoms with Crippen LogP contribution in [0.25, 0.3) is 11.0 Å². The molecule has 0 saturated carbocycles. The number of fused-ring (bicyclic) bond motifs is 1. The van der Waals surface area contributed by atoms with Gasteiger partial charge in [0.1, 0.15) is 6.04 Å². The summed E-state index contributed by atoms with van der Waals surface area (Å²) in [5, 5.41) is 32.0. The summed E-state index contributed by atoms with van der Waals surface area (Å²) in [7, 11) is 0. The van der Waals surface area contributed by atoms with Crippen LogP contribution in [0.3, 0.4) is 0 Å².